The maximum atomic E-state index is 6.59. The summed E-state index contributed by atoms with van der Waals surface area (Å²) in [6.07, 6.45) is 0. The molecule has 0 unspecified atom stereocenters. The first-order valence-corrected chi connectivity index (χ1v) is 37.5. The summed E-state index contributed by atoms with van der Waals surface area (Å²) in [5.74, 6) is 0. The number of nitrogens with zero attached hydrogens (tertiary/aromatic N) is 5. The first-order chi connectivity index (χ1) is 53.8. The van der Waals surface area contributed by atoms with Crippen LogP contribution >= 0.6 is 0 Å². The first kappa shape index (κ1) is 63.3. The van der Waals surface area contributed by atoms with Crippen molar-refractivity contribution >= 4 is 132 Å². The molecule has 0 atom stereocenters. The molecule has 109 heavy (non-hydrogen) atoms. The molecule has 0 saturated carbocycles. The molecule has 0 spiro atoms. The molecule has 0 N–H and O–H groups in total. The van der Waals surface area contributed by atoms with E-state index in [0.717, 1.165) is 78.3 Å². The molecule has 0 saturated heterocycles. The van der Waals surface area contributed by atoms with Crippen molar-refractivity contribution in [2.45, 2.75) is 19.3 Å². The molecule has 21 aromatic rings. The van der Waals surface area contributed by atoms with Gasteiger partial charge in [0, 0.05) is 94.3 Å². The zero-order valence-corrected chi connectivity index (χ0v) is 60.2. The monoisotopic (exact) mass is 1390 g/mol. The molecule has 0 aliphatic heterocycles. The van der Waals surface area contributed by atoms with Gasteiger partial charge in [0.05, 0.1) is 38.5 Å². The van der Waals surface area contributed by atoms with Crippen LogP contribution in [0.4, 0.5) is 34.1 Å². The zero-order valence-electron chi connectivity index (χ0n) is 60.2. The van der Waals surface area contributed by atoms with E-state index in [0.29, 0.717) is 0 Å². The lowest BCUT2D eigenvalue weighted by Crippen LogP contribution is -2.17. The largest absolute Gasteiger partial charge is 0.455 e. The third-order valence-corrected chi connectivity index (χ3v) is 22.7. The molecule has 0 fully saturated rings. The molecule has 6 heteroatoms. The molecule has 4 heterocycles. The number of anilines is 6. The number of fused-ring (bicyclic) bond motifs is 18. The van der Waals surface area contributed by atoms with E-state index in [1.165, 1.54) is 115 Å². The number of furan rings is 1. The number of hydrogen-bond donors (Lipinski definition) is 0. The smallest absolute Gasteiger partial charge is 0.145 e. The van der Waals surface area contributed by atoms with Crippen molar-refractivity contribution in [3.63, 3.8) is 0 Å². The number of hydrogen-bond acceptors (Lipinski definition) is 3. The molecule has 514 valence electrons. The van der Waals surface area contributed by atoms with Crippen molar-refractivity contribution in [1.29, 1.82) is 0 Å². The molecular formula is C103H71N5O. The first-order valence-electron chi connectivity index (χ1n) is 37.5. The summed E-state index contributed by atoms with van der Waals surface area (Å²) in [7, 11) is 0. The second-order valence-electron chi connectivity index (χ2n) is 29.1. The lowest BCUT2D eigenvalue weighted by atomic mass is 9.82. The van der Waals surface area contributed by atoms with Crippen molar-refractivity contribution in [3.8, 4) is 50.4 Å². The molecule has 17 aromatic carbocycles. The fraction of sp³-hybridized carbons (Fsp3) is 0.0291. The lowest BCUT2D eigenvalue weighted by Gasteiger charge is -2.28. The lowest BCUT2D eigenvalue weighted by molar-refractivity contribution is 0.660. The van der Waals surface area contributed by atoms with Crippen molar-refractivity contribution in [2.75, 3.05) is 9.80 Å². The fourth-order valence-corrected chi connectivity index (χ4v) is 17.6. The van der Waals surface area contributed by atoms with Gasteiger partial charge in [-0.25, -0.2) is 0 Å². The van der Waals surface area contributed by atoms with Gasteiger partial charge in [0.1, 0.15) is 11.2 Å². The van der Waals surface area contributed by atoms with Gasteiger partial charge in [-0.15, -0.1) is 0 Å². The van der Waals surface area contributed by atoms with Gasteiger partial charge in [-0.3, -0.25) is 0 Å². The minimum atomic E-state index is -0.232. The maximum Gasteiger partial charge on any atom is 0.145 e. The normalized spacial score (nSPS) is 12.4. The Labute approximate surface area is 631 Å². The molecule has 22 rings (SSSR count). The summed E-state index contributed by atoms with van der Waals surface area (Å²) in [5.41, 5.74) is 29.0. The number of rotatable bonds is 11. The molecule has 6 nitrogen and oxygen atoms in total. The van der Waals surface area contributed by atoms with E-state index in [4.69, 9.17) is 4.42 Å². The van der Waals surface area contributed by atoms with Crippen LogP contribution < -0.4 is 9.80 Å². The van der Waals surface area contributed by atoms with Gasteiger partial charge in [-0.05, 0) is 219 Å². The average Bonchev–Trinajstić information content (AvgIpc) is 1.56. The second-order valence-corrected chi connectivity index (χ2v) is 29.1. The van der Waals surface area contributed by atoms with E-state index in [1.807, 2.05) is 6.07 Å². The highest BCUT2D eigenvalue weighted by molar-refractivity contribution is 6.29. The average molecular weight is 1390 g/mol. The van der Waals surface area contributed by atoms with Crippen LogP contribution in [0, 0.1) is 0 Å². The third kappa shape index (κ3) is 10.4. The molecule has 0 radical (unpaired) electrons. The van der Waals surface area contributed by atoms with E-state index >= 15 is 0 Å². The van der Waals surface area contributed by atoms with E-state index < -0.39 is 0 Å². The van der Waals surface area contributed by atoms with Crippen molar-refractivity contribution < 1.29 is 4.42 Å². The Morgan fingerprint density at radius 3 is 1.22 bits per heavy atom. The number of aromatic nitrogens is 3. The highest BCUT2D eigenvalue weighted by Crippen LogP contribution is 2.53. The Bertz CT molecular complexity index is 7090. The fourth-order valence-electron chi connectivity index (χ4n) is 17.6. The van der Waals surface area contributed by atoms with Crippen LogP contribution in [0.3, 0.4) is 0 Å². The Morgan fingerprint density at radius 2 is 0.624 bits per heavy atom. The zero-order chi connectivity index (χ0) is 72.3. The van der Waals surface area contributed by atoms with Crippen LogP contribution in [0.15, 0.2) is 399 Å². The summed E-state index contributed by atoms with van der Waals surface area (Å²) in [6, 6.07) is 143. The van der Waals surface area contributed by atoms with Crippen LogP contribution in [0.25, 0.3) is 149 Å². The van der Waals surface area contributed by atoms with E-state index in [9.17, 15) is 0 Å². The molecular weight excluding hydrogens is 1320 g/mol. The van der Waals surface area contributed by atoms with Crippen LogP contribution in [0.5, 0.6) is 0 Å². The molecule has 0 amide bonds. The topological polar surface area (TPSA) is 34.4 Å². The van der Waals surface area contributed by atoms with Gasteiger partial charge in [-0.2, -0.15) is 0 Å². The highest BCUT2D eigenvalue weighted by Gasteiger charge is 2.37. The van der Waals surface area contributed by atoms with E-state index in [2.05, 4.69) is 426 Å². The van der Waals surface area contributed by atoms with Crippen molar-refractivity contribution in [2.24, 2.45) is 0 Å². The summed E-state index contributed by atoms with van der Waals surface area (Å²) >= 11 is 0. The Balaban J connectivity index is 0.000000140. The third-order valence-electron chi connectivity index (χ3n) is 22.7. The van der Waals surface area contributed by atoms with Gasteiger partial charge in [0.15, 0.2) is 0 Å². The van der Waals surface area contributed by atoms with Gasteiger partial charge < -0.3 is 27.9 Å². The highest BCUT2D eigenvalue weighted by atomic mass is 16.3. The summed E-state index contributed by atoms with van der Waals surface area (Å²) < 4.78 is 13.8. The predicted molar refractivity (Wildman–Crippen MR) is 458 cm³/mol. The van der Waals surface area contributed by atoms with Crippen molar-refractivity contribution in [3.05, 3.63) is 405 Å². The van der Waals surface area contributed by atoms with Crippen LogP contribution in [0.1, 0.15) is 25.0 Å². The molecule has 0 bridgehead atoms. The van der Waals surface area contributed by atoms with E-state index in [-0.39, 0.29) is 5.41 Å². The van der Waals surface area contributed by atoms with Crippen LogP contribution in [-0.2, 0) is 5.41 Å². The van der Waals surface area contributed by atoms with Crippen molar-refractivity contribution in [1.82, 2.24) is 13.7 Å². The van der Waals surface area contributed by atoms with Gasteiger partial charge in [0.25, 0.3) is 0 Å². The summed E-state index contributed by atoms with van der Waals surface area (Å²) in [5, 5.41) is 12.2. The van der Waals surface area contributed by atoms with Gasteiger partial charge >= 0.3 is 0 Å². The number of para-hydroxylation sites is 7. The van der Waals surface area contributed by atoms with Crippen LogP contribution in [0.2, 0.25) is 0 Å². The minimum absolute atomic E-state index is 0.232. The van der Waals surface area contributed by atoms with Gasteiger partial charge in [-0.1, -0.05) is 244 Å². The molecule has 4 aromatic heterocycles. The van der Waals surface area contributed by atoms with E-state index in [1.54, 1.807) is 0 Å². The summed E-state index contributed by atoms with van der Waals surface area (Å²) in [4.78, 5) is 4.71. The SMILES string of the molecule is CC1(C)c2cc(N(c3ccccc3)c3ccc(-c4ccc5ccccc5c4)cc3)ccc2-c2ccc(-n3c4ccccc4c4c5oc6ccccc6c5ccc43)cc21.c1ccc(-c2ccc(N(c3ccccc3)c3ccc(-n4c5ccccc5c5c6c7ccccc7n(-c7ccccc7)c6ccc54)cc3)cc2)cc1. The van der Waals surface area contributed by atoms with Crippen LogP contribution in [-0.4, -0.2) is 13.7 Å². The Hall–Kier alpha value is -14.2. The Kier molecular flexibility index (Phi) is 14.8. The predicted octanol–water partition coefficient (Wildman–Crippen LogP) is 28.3. The molecule has 1 aliphatic carbocycles. The maximum absolute atomic E-state index is 6.59. The Morgan fingerprint density at radius 1 is 0.239 bits per heavy atom. The standard InChI is InChI=1S/C55H38N2O.C48H33N3/c1-55(2)48-33-41(56(39-14-4-3-5-15-39)40-24-22-36(23-25-40)38-21-20-35-12-6-7-13-37(35)32-38)26-28-43(48)44-29-27-42(34-49(44)55)57-50-18-10-8-17-47(50)53-51(57)31-30-46-45-16-9-11-19-52(45)58-54(46)53;1-4-14-34(15-5-1)35-24-26-38(27-25-35)49(36-16-6-2-7-17-36)39-28-30-40(31-29-39)51-44-23-13-11-21-42(44)48-46(51)33-32-45-47(48)41-20-10-12-22-43(41)50(45)37-18-8-3-9-19-37/h3-34H,1-2H3;1-33H. The quantitative estimate of drug-likeness (QED) is 0.129. The molecule has 1 aliphatic rings. The second kappa shape index (κ2) is 25.6. The van der Waals surface area contributed by atoms with Gasteiger partial charge in [0.2, 0.25) is 0 Å². The number of benzene rings is 17. The minimum Gasteiger partial charge on any atom is -0.455 e. The summed E-state index contributed by atoms with van der Waals surface area (Å²) in [6.45, 7) is 4.75.